The molecule has 0 aliphatic carbocycles. The van der Waals surface area contributed by atoms with E-state index in [1.165, 1.54) is 0 Å². The topological polar surface area (TPSA) is 26.3 Å². The van der Waals surface area contributed by atoms with Crippen LogP contribution in [0.4, 0.5) is 17.6 Å². The van der Waals surface area contributed by atoms with E-state index in [1.54, 1.807) is 0 Å². The molecule has 0 saturated carbocycles. The van der Waals surface area contributed by atoms with Gasteiger partial charge in [-0.1, -0.05) is 6.58 Å². The largest absolute Gasteiger partial charge is 0.420 e. The molecule has 1 aliphatic rings. The molecule has 0 unspecified atom stereocenters. The molecule has 1 rings (SSSR count). The predicted molar refractivity (Wildman–Crippen MR) is 25.1 cm³/mol. The second-order valence-corrected chi connectivity index (χ2v) is 1.96. The van der Waals surface area contributed by atoms with Gasteiger partial charge in [0.05, 0.1) is 0 Å². The fourth-order valence-corrected chi connectivity index (χ4v) is 0.543. The van der Waals surface area contributed by atoms with Gasteiger partial charge in [-0.25, -0.2) is 4.79 Å². The highest BCUT2D eigenvalue weighted by atomic mass is 19.3. The zero-order chi connectivity index (χ0) is 8.86. The van der Waals surface area contributed by atoms with E-state index in [9.17, 15) is 22.4 Å². The number of alkyl halides is 4. The SMILES string of the molecule is C=C1OC(=O)C(F)(F)C1(F)F. The van der Waals surface area contributed by atoms with Gasteiger partial charge in [0, 0.05) is 0 Å². The van der Waals surface area contributed by atoms with Crippen LogP contribution < -0.4 is 0 Å². The maximum Gasteiger partial charge on any atom is 0.412 e. The Morgan fingerprint density at radius 2 is 1.64 bits per heavy atom. The van der Waals surface area contributed by atoms with Crippen molar-refractivity contribution in [3.63, 3.8) is 0 Å². The summed E-state index contributed by atoms with van der Waals surface area (Å²) in [6.07, 6.45) is 0. The summed E-state index contributed by atoms with van der Waals surface area (Å²) < 4.78 is 52.0. The van der Waals surface area contributed by atoms with Crippen molar-refractivity contribution in [2.45, 2.75) is 11.8 Å². The van der Waals surface area contributed by atoms with Crippen LogP contribution >= 0.6 is 0 Å². The smallest absolute Gasteiger partial charge is 0.412 e. The number of cyclic esters (lactones) is 1. The number of carbonyl (C=O) groups is 1. The van der Waals surface area contributed by atoms with Crippen LogP contribution in [0.5, 0.6) is 0 Å². The van der Waals surface area contributed by atoms with Crippen LogP contribution in [-0.4, -0.2) is 17.8 Å². The number of esters is 1. The van der Waals surface area contributed by atoms with E-state index in [1.807, 2.05) is 0 Å². The summed E-state index contributed by atoms with van der Waals surface area (Å²) >= 11 is 0. The quantitative estimate of drug-likeness (QED) is 0.405. The first kappa shape index (κ1) is 8.03. The number of ether oxygens (including phenoxy) is 1. The molecule has 11 heavy (non-hydrogen) atoms. The Kier molecular flexibility index (Phi) is 1.28. The molecule has 0 aromatic rings. The molecule has 0 spiro atoms. The van der Waals surface area contributed by atoms with Gasteiger partial charge < -0.3 is 4.74 Å². The zero-order valence-electron chi connectivity index (χ0n) is 5.04. The number of rotatable bonds is 0. The molecule has 0 radical (unpaired) electrons. The highest BCUT2D eigenvalue weighted by Gasteiger charge is 2.71. The van der Waals surface area contributed by atoms with Crippen LogP contribution in [0.15, 0.2) is 12.3 Å². The minimum Gasteiger partial charge on any atom is -0.420 e. The monoisotopic (exact) mass is 170 g/mol. The van der Waals surface area contributed by atoms with Crippen molar-refractivity contribution in [3.05, 3.63) is 12.3 Å². The Bertz CT molecular complexity index is 209. The highest BCUT2D eigenvalue weighted by molar-refractivity contribution is 5.83. The minimum absolute atomic E-state index is 1.51. The fourth-order valence-electron chi connectivity index (χ4n) is 0.543. The normalized spacial score (nSPS) is 26.9. The summed E-state index contributed by atoms with van der Waals surface area (Å²) in [5.41, 5.74) is 0. The van der Waals surface area contributed by atoms with E-state index in [0.717, 1.165) is 0 Å². The van der Waals surface area contributed by atoms with Gasteiger partial charge in [-0.3, -0.25) is 0 Å². The van der Waals surface area contributed by atoms with Crippen molar-refractivity contribution < 1.29 is 27.1 Å². The molecule has 1 fully saturated rings. The molecule has 2 nitrogen and oxygen atoms in total. The molecule has 1 heterocycles. The maximum atomic E-state index is 12.2. The highest BCUT2D eigenvalue weighted by Crippen LogP contribution is 2.46. The summed E-state index contributed by atoms with van der Waals surface area (Å²) in [6, 6.07) is 0. The van der Waals surface area contributed by atoms with Gasteiger partial charge in [0.15, 0.2) is 5.76 Å². The van der Waals surface area contributed by atoms with Gasteiger partial charge in [0.1, 0.15) is 0 Å². The lowest BCUT2D eigenvalue weighted by Gasteiger charge is -2.11. The second-order valence-electron chi connectivity index (χ2n) is 1.96. The van der Waals surface area contributed by atoms with Crippen LogP contribution in [0.2, 0.25) is 0 Å². The third-order valence-electron chi connectivity index (χ3n) is 1.22. The Balaban J connectivity index is 3.15. The van der Waals surface area contributed by atoms with Crippen molar-refractivity contribution in [3.8, 4) is 0 Å². The third kappa shape index (κ3) is 0.749. The Labute approximate surface area is 58.4 Å². The molecule has 1 saturated heterocycles. The van der Waals surface area contributed by atoms with E-state index < -0.39 is 23.6 Å². The number of allylic oxidation sites excluding steroid dienone is 1. The van der Waals surface area contributed by atoms with Gasteiger partial charge in [0.25, 0.3) is 0 Å². The molecule has 0 bridgehead atoms. The second kappa shape index (κ2) is 1.75. The Morgan fingerprint density at radius 1 is 1.18 bits per heavy atom. The summed E-state index contributed by atoms with van der Waals surface area (Å²) in [5.74, 6) is -13.1. The Morgan fingerprint density at radius 3 is 1.73 bits per heavy atom. The van der Waals surface area contributed by atoms with E-state index in [0.29, 0.717) is 0 Å². The van der Waals surface area contributed by atoms with Crippen LogP contribution in [0, 0.1) is 0 Å². The summed E-state index contributed by atoms with van der Waals surface area (Å²) in [6.45, 7) is 2.48. The summed E-state index contributed by atoms with van der Waals surface area (Å²) in [7, 11) is 0. The first-order valence-corrected chi connectivity index (χ1v) is 2.47. The molecule has 0 atom stereocenters. The first-order chi connectivity index (χ1) is 4.80. The molecule has 0 aromatic carbocycles. The molecule has 0 amide bonds. The number of halogens is 4. The standard InChI is InChI=1S/C5H2F4O2/c1-2-4(6,7)5(8,9)3(10)11-2/h1H2. The molecular weight excluding hydrogens is 168 g/mol. The summed E-state index contributed by atoms with van der Waals surface area (Å²) in [4.78, 5) is 10.0. The minimum atomic E-state index is -4.77. The summed E-state index contributed by atoms with van der Waals surface area (Å²) in [5, 5.41) is 0. The predicted octanol–water partition coefficient (Wildman–Crippen LogP) is 1.33. The van der Waals surface area contributed by atoms with Crippen molar-refractivity contribution >= 4 is 5.97 Å². The van der Waals surface area contributed by atoms with E-state index in [2.05, 4.69) is 11.3 Å². The fraction of sp³-hybridized carbons (Fsp3) is 0.400. The van der Waals surface area contributed by atoms with Crippen molar-refractivity contribution in [2.24, 2.45) is 0 Å². The van der Waals surface area contributed by atoms with Gasteiger partial charge in [0.2, 0.25) is 0 Å². The van der Waals surface area contributed by atoms with Crippen molar-refractivity contribution in [1.29, 1.82) is 0 Å². The first-order valence-electron chi connectivity index (χ1n) is 2.47. The van der Waals surface area contributed by atoms with Gasteiger partial charge in [-0.05, 0) is 0 Å². The van der Waals surface area contributed by atoms with Crippen molar-refractivity contribution in [1.82, 2.24) is 0 Å². The van der Waals surface area contributed by atoms with Gasteiger partial charge in [-0.2, -0.15) is 17.6 Å². The molecule has 0 aromatic heterocycles. The molecule has 0 N–H and O–H groups in total. The van der Waals surface area contributed by atoms with Crippen LogP contribution in [-0.2, 0) is 9.53 Å². The number of carbonyl (C=O) groups excluding carboxylic acids is 1. The lowest BCUT2D eigenvalue weighted by Crippen LogP contribution is -2.40. The lowest BCUT2D eigenvalue weighted by molar-refractivity contribution is -0.183. The van der Waals surface area contributed by atoms with Crippen molar-refractivity contribution in [2.75, 3.05) is 0 Å². The van der Waals surface area contributed by atoms with E-state index >= 15 is 0 Å². The van der Waals surface area contributed by atoms with E-state index in [4.69, 9.17) is 0 Å². The molecule has 1 aliphatic heterocycles. The van der Waals surface area contributed by atoms with Crippen LogP contribution in [0.1, 0.15) is 0 Å². The lowest BCUT2D eigenvalue weighted by atomic mass is 10.2. The van der Waals surface area contributed by atoms with Crippen LogP contribution in [0.25, 0.3) is 0 Å². The van der Waals surface area contributed by atoms with Gasteiger partial charge >= 0.3 is 17.8 Å². The maximum absolute atomic E-state index is 12.2. The molecule has 6 heteroatoms. The Hall–Kier alpha value is -1.07. The van der Waals surface area contributed by atoms with Gasteiger partial charge in [-0.15, -0.1) is 0 Å². The molecule has 62 valence electrons. The molecular formula is C5H2F4O2. The van der Waals surface area contributed by atoms with E-state index in [-0.39, 0.29) is 0 Å². The number of hydrogen-bond donors (Lipinski definition) is 0. The third-order valence-corrected chi connectivity index (χ3v) is 1.22. The zero-order valence-corrected chi connectivity index (χ0v) is 5.04. The number of hydrogen-bond acceptors (Lipinski definition) is 2. The van der Waals surface area contributed by atoms with Crippen LogP contribution in [0.3, 0.4) is 0 Å². The average molecular weight is 170 g/mol. The average Bonchev–Trinajstić information content (AvgIpc) is 1.95.